The van der Waals surface area contributed by atoms with E-state index < -0.39 is 6.03 Å². The summed E-state index contributed by atoms with van der Waals surface area (Å²) < 4.78 is 5.08. The van der Waals surface area contributed by atoms with Crippen LogP contribution in [0.5, 0.6) is 5.75 Å². The second-order valence-corrected chi connectivity index (χ2v) is 4.36. The molecule has 0 saturated carbocycles. The molecular formula is C11H14N2O3S. The van der Waals surface area contributed by atoms with Crippen molar-refractivity contribution >= 4 is 23.7 Å². The second kappa shape index (κ2) is 6.80. The van der Waals surface area contributed by atoms with E-state index in [0.717, 1.165) is 10.6 Å². The first-order valence-electron chi connectivity index (χ1n) is 4.98. The molecule has 0 atom stereocenters. The van der Waals surface area contributed by atoms with E-state index in [1.165, 1.54) is 11.8 Å². The van der Waals surface area contributed by atoms with Gasteiger partial charge >= 0.3 is 6.03 Å². The average Bonchev–Trinajstić information content (AvgIpc) is 2.28. The van der Waals surface area contributed by atoms with Crippen LogP contribution in [0, 0.1) is 0 Å². The standard InChI is InChI=1S/C11H14N2O3S/c1-16-8-3-2-4-9(7-8)17-6-5-10(14)13-11(12)15/h2-4,7H,5-6H2,1H3,(H3,12,13,14,15). The topological polar surface area (TPSA) is 81.4 Å². The molecule has 0 aliphatic heterocycles. The molecular weight excluding hydrogens is 240 g/mol. The van der Waals surface area contributed by atoms with Crippen LogP contribution in [0.15, 0.2) is 29.2 Å². The lowest BCUT2D eigenvalue weighted by atomic mass is 10.3. The van der Waals surface area contributed by atoms with E-state index in [4.69, 9.17) is 10.5 Å². The Bertz CT molecular complexity index is 409. The molecule has 0 unspecified atom stereocenters. The number of methoxy groups -OCH3 is 1. The molecule has 0 aliphatic carbocycles. The number of benzene rings is 1. The molecule has 0 aromatic heterocycles. The van der Waals surface area contributed by atoms with Crippen LogP contribution < -0.4 is 15.8 Å². The Hall–Kier alpha value is -1.69. The van der Waals surface area contributed by atoms with Gasteiger partial charge in [-0.2, -0.15) is 0 Å². The fraction of sp³-hybridized carbons (Fsp3) is 0.273. The molecule has 3 amide bonds. The number of hydrogen-bond donors (Lipinski definition) is 2. The maximum atomic E-state index is 11.1. The molecule has 1 aromatic rings. The van der Waals surface area contributed by atoms with E-state index in [1.807, 2.05) is 29.6 Å². The number of amides is 3. The monoisotopic (exact) mass is 254 g/mol. The molecule has 0 saturated heterocycles. The minimum Gasteiger partial charge on any atom is -0.497 e. The number of carbonyl (C=O) groups excluding carboxylic acids is 2. The van der Waals surface area contributed by atoms with Gasteiger partial charge in [-0.3, -0.25) is 10.1 Å². The highest BCUT2D eigenvalue weighted by atomic mass is 32.2. The lowest BCUT2D eigenvalue weighted by Gasteiger charge is -2.04. The smallest absolute Gasteiger partial charge is 0.318 e. The molecule has 6 heteroatoms. The quantitative estimate of drug-likeness (QED) is 0.778. The van der Waals surface area contributed by atoms with E-state index in [-0.39, 0.29) is 12.3 Å². The first-order valence-corrected chi connectivity index (χ1v) is 5.96. The van der Waals surface area contributed by atoms with Crippen molar-refractivity contribution in [1.29, 1.82) is 0 Å². The summed E-state index contributed by atoms with van der Waals surface area (Å²) in [7, 11) is 1.60. The number of hydrogen-bond acceptors (Lipinski definition) is 4. The van der Waals surface area contributed by atoms with Gasteiger partial charge in [0.1, 0.15) is 5.75 Å². The summed E-state index contributed by atoms with van der Waals surface area (Å²) in [5.41, 5.74) is 4.82. The van der Waals surface area contributed by atoms with Gasteiger partial charge in [-0.15, -0.1) is 11.8 Å². The van der Waals surface area contributed by atoms with Crippen LogP contribution in [0.1, 0.15) is 6.42 Å². The van der Waals surface area contributed by atoms with Crippen molar-refractivity contribution in [3.8, 4) is 5.75 Å². The average molecular weight is 254 g/mol. The summed E-state index contributed by atoms with van der Waals surface area (Å²) in [4.78, 5) is 22.5. The van der Waals surface area contributed by atoms with Crippen LogP contribution in [0.25, 0.3) is 0 Å². The minimum absolute atomic E-state index is 0.241. The van der Waals surface area contributed by atoms with Gasteiger partial charge in [0.05, 0.1) is 7.11 Å². The third kappa shape index (κ3) is 5.26. The Morgan fingerprint density at radius 1 is 1.47 bits per heavy atom. The van der Waals surface area contributed by atoms with Crippen molar-refractivity contribution in [3.63, 3.8) is 0 Å². The molecule has 17 heavy (non-hydrogen) atoms. The molecule has 0 bridgehead atoms. The lowest BCUT2D eigenvalue weighted by Crippen LogP contribution is -2.35. The summed E-state index contributed by atoms with van der Waals surface area (Å²) in [6.07, 6.45) is 0.241. The van der Waals surface area contributed by atoms with Gasteiger partial charge in [-0.1, -0.05) is 6.07 Å². The molecule has 0 spiro atoms. The van der Waals surface area contributed by atoms with Gasteiger partial charge < -0.3 is 10.5 Å². The molecule has 0 aliphatic rings. The molecule has 1 aromatic carbocycles. The SMILES string of the molecule is COc1cccc(SCCC(=O)NC(N)=O)c1. The van der Waals surface area contributed by atoms with Crippen LogP contribution in [0.2, 0.25) is 0 Å². The molecule has 92 valence electrons. The summed E-state index contributed by atoms with van der Waals surface area (Å²) in [5, 5.41) is 2.01. The van der Waals surface area contributed by atoms with Crippen LogP contribution in [-0.2, 0) is 4.79 Å². The first-order chi connectivity index (χ1) is 8.11. The minimum atomic E-state index is -0.818. The van der Waals surface area contributed by atoms with E-state index in [9.17, 15) is 9.59 Å². The Morgan fingerprint density at radius 3 is 2.88 bits per heavy atom. The maximum absolute atomic E-state index is 11.1. The lowest BCUT2D eigenvalue weighted by molar-refractivity contribution is -0.119. The Morgan fingerprint density at radius 2 is 2.24 bits per heavy atom. The molecule has 0 heterocycles. The van der Waals surface area contributed by atoms with Gasteiger partial charge in [-0.05, 0) is 18.2 Å². The van der Waals surface area contributed by atoms with Crippen LogP contribution in [-0.4, -0.2) is 24.8 Å². The zero-order valence-corrected chi connectivity index (χ0v) is 10.3. The molecule has 3 N–H and O–H groups in total. The predicted molar refractivity (Wildman–Crippen MR) is 66.1 cm³/mol. The third-order valence-corrected chi connectivity index (χ3v) is 2.90. The highest BCUT2D eigenvalue weighted by Crippen LogP contribution is 2.23. The Labute approximate surface area is 104 Å². The van der Waals surface area contributed by atoms with Crippen molar-refractivity contribution in [3.05, 3.63) is 24.3 Å². The number of nitrogens with two attached hydrogens (primary N) is 1. The fourth-order valence-electron chi connectivity index (χ4n) is 1.15. The molecule has 1 rings (SSSR count). The fourth-order valence-corrected chi connectivity index (χ4v) is 2.05. The Balaban J connectivity index is 2.35. The highest BCUT2D eigenvalue weighted by Gasteiger charge is 2.04. The summed E-state index contributed by atoms with van der Waals surface area (Å²) >= 11 is 1.51. The normalized spacial score (nSPS) is 9.71. The van der Waals surface area contributed by atoms with E-state index >= 15 is 0 Å². The van der Waals surface area contributed by atoms with E-state index in [1.54, 1.807) is 7.11 Å². The van der Waals surface area contributed by atoms with E-state index in [0.29, 0.717) is 5.75 Å². The van der Waals surface area contributed by atoms with Gasteiger partial charge in [0.25, 0.3) is 0 Å². The van der Waals surface area contributed by atoms with Crippen molar-refractivity contribution in [2.24, 2.45) is 5.73 Å². The summed E-state index contributed by atoms with van der Waals surface area (Å²) in [6, 6.07) is 6.73. The zero-order chi connectivity index (χ0) is 12.7. The number of thioether (sulfide) groups is 1. The van der Waals surface area contributed by atoms with Gasteiger partial charge in [0.2, 0.25) is 5.91 Å². The van der Waals surface area contributed by atoms with Gasteiger partial charge in [0, 0.05) is 17.1 Å². The van der Waals surface area contributed by atoms with Crippen molar-refractivity contribution in [2.45, 2.75) is 11.3 Å². The number of rotatable bonds is 5. The largest absolute Gasteiger partial charge is 0.497 e. The summed E-state index contributed by atoms with van der Waals surface area (Å²) in [6.45, 7) is 0. The second-order valence-electron chi connectivity index (χ2n) is 3.19. The number of ether oxygens (including phenoxy) is 1. The third-order valence-electron chi connectivity index (χ3n) is 1.90. The maximum Gasteiger partial charge on any atom is 0.318 e. The van der Waals surface area contributed by atoms with Gasteiger partial charge in [0.15, 0.2) is 0 Å². The Kier molecular flexibility index (Phi) is 5.35. The molecule has 5 nitrogen and oxygen atoms in total. The molecule has 0 radical (unpaired) electrons. The highest BCUT2D eigenvalue weighted by molar-refractivity contribution is 7.99. The van der Waals surface area contributed by atoms with Crippen molar-refractivity contribution in [2.75, 3.05) is 12.9 Å². The van der Waals surface area contributed by atoms with Crippen LogP contribution in [0.4, 0.5) is 4.79 Å². The first kappa shape index (κ1) is 13.4. The molecule has 0 fully saturated rings. The van der Waals surface area contributed by atoms with Crippen molar-refractivity contribution in [1.82, 2.24) is 5.32 Å². The van der Waals surface area contributed by atoms with Crippen molar-refractivity contribution < 1.29 is 14.3 Å². The number of urea groups is 1. The number of primary amides is 1. The number of imide groups is 1. The zero-order valence-electron chi connectivity index (χ0n) is 9.43. The summed E-state index contributed by atoms with van der Waals surface area (Å²) in [5.74, 6) is 0.983. The van der Waals surface area contributed by atoms with Gasteiger partial charge in [-0.25, -0.2) is 4.79 Å². The van der Waals surface area contributed by atoms with Crippen LogP contribution >= 0.6 is 11.8 Å². The number of nitrogens with one attached hydrogen (secondary N) is 1. The predicted octanol–water partition coefficient (Wildman–Crippen LogP) is 1.37. The van der Waals surface area contributed by atoms with Crippen LogP contribution in [0.3, 0.4) is 0 Å². The van der Waals surface area contributed by atoms with E-state index in [2.05, 4.69) is 0 Å². The number of carbonyl (C=O) groups is 2.